The van der Waals surface area contributed by atoms with Gasteiger partial charge in [-0.15, -0.1) is 0 Å². The number of pyridine rings is 1. The van der Waals surface area contributed by atoms with Gasteiger partial charge in [0.1, 0.15) is 17.3 Å². The van der Waals surface area contributed by atoms with Crippen molar-refractivity contribution in [3.8, 4) is 34.1 Å². The van der Waals surface area contributed by atoms with Gasteiger partial charge in [-0.3, -0.25) is 4.57 Å². The van der Waals surface area contributed by atoms with Crippen LogP contribution in [0, 0.1) is 0 Å². The van der Waals surface area contributed by atoms with Gasteiger partial charge in [0.05, 0.1) is 28.7 Å². The summed E-state index contributed by atoms with van der Waals surface area (Å²) in [5, 5.41) is 2.29. The van der Waals surface area contributed by atoms with Gasteiger partial charge >= 0.3 is 0 Å². The van der Waals surface area contributed by atoms with Crippen molar-refractivity contribution in [2.24, 2.45) is 0 Å². The predicted molar refractivity (Wildman–Crippen MR) is 231 cm³/mol. The van der Waals surface area contributed by atoms with Crippen LogP contribution in [0.2, 0.25) is 0 Å². The number of benzene rings is 6. The van der Waals surface area contributed by atoms with Crippen LogP contribution in [0.5, 0.6) is 11.5 Å². The van der Waals surface area contributed by atoms with Crippen LogP contribution >= 0.6 is 0 Å². The van der Waals surface area contributed by atoms with Gasteiger partial charge in [-0.2, -0.15) is 0 Å². The molecule has 0 bridgehead atoms. The first-order valence-corrected chi connectivity index (χ1v) is 19.1. The van der Waals surface area contributed by atoms with Gasteiger partial charge in [-0.25, -0.2) is 4.98 Å². The van der Waals surface area contributed by atoms with Gasteiger partial charge in [-0.1, -0.05) is 106 Å². The molecule has 0 saturated carbocycles. The van der Waals surface area contributed by atoms with Crippen molar-refractivity contribution in [2.75, 3.05) is 16.5 Å². The van der Waals surface area contributed by atoms with E-state index in [1.807, 2.05) is 12.3 Å². The molecule has 0 spiro atoms. The summed E-state index contributed by atoms with van der Waals surface area (Å²) in [5.74, 6) is 2.39. The molecule has 6 nitrogen and oxygen atoms in total. The molecule has 3 aromatic heterocycles. The van der Waals surface area contributed by atoms with E-state index >= 15 is 0 Å². The fourth-order valence-corrected chi connectivity index (χ4v) is 7.98. The highest BCUT2D eigenvalue weighted by molar-refractivity contribution is 6.20. The quantitative estimate of drug-likeness (QED) is 0.164. The Morgan fingerprint density at radius 1 is 0.500 bits per heavy atom. The Bertz CT molecular complexity index is 2900. The lowest BCUT2D eigenvalue weighted by Gasteiger charge is -2.23. The number of hydrogen-bond donors (Lipinski definition) is 0. The van der Waals surface area contributed by atoms with Crippen molar-refractivity contribution in [1.29, 1.82) is 0 Å². The molecule has 1 aliphatic heterocycles. The zero-order valence-electron chi connectivity index (χ0n) is 31.7. The van der Waals surface area contributed by atoms with Crippen LogP contribution in [0.4, 0.5) is 11.4 Å². The zero-order chi connectivity index (χ0) is 37.8. The van der Waals surface area contributed by atoms with E-state index in [4.69, 9.17) is 9.72 Å². The third-order valence-electron chi connectivity index (χ3n) is 10.8. The molecule has 0 aliphatic carbocycles. The van der Waals surface area contributed by atoms with Crippen LogP contribution in [-0.2, 0) is 5.41 Å². The molecule has 272 valence electrons. The molecule has 56 heavy (non-hydrogen) atoms. The van der Waals surface area contributed by atoms with E-state index in [0.29, 0.717) is 6.67 Å². The third kappa shape index (κ3) is 5.87. The lowest BCUT2D eigenvalue weighted by molar-refractivity contribution is 0.483. The molecular weight excluding hydrogens is 687 g/mol. The molecule has 4 heterocycles. The summed E-state index contributed by atoms with van der Waals surface area (Å²) < 4.78 is 11.6. The second-order valence-electron chi connectivity index (χ2n) is 15.5. The van der Waals surface area contributed by atoms with E-state index in [1.165, 1.54) is 5.56 Å². The van der Waals surface area contributed by atoms with Gasteiger partial charge in [0.2, 0.25) is 0 Å². The fourth-order valence-electron chi connectivity index (χ4n) is 7.98. The van der Waals surface area contributed by atoms with Crippen LogP contribution in [0.15, 0.2) is 182 Å². The number of anilines is 2. The minimum Gasteiger partial charge on any atom is -0.457 e. The molecule has 0 saturated heterocycles. The maximum Gasteiger partial charge on any atom is 0.137 e. The Hall–Kier alpha value is -7.05. The van der Waals surface area contributed by atoms with Crippen molar-refractivity contribution in [1.82, 2.24) is 14.1 Å². The smallest absolute Gasteiger partial charge is 0.137 e. The van der Waals surface area contributed by atoms with Crippen molar-refractivity contribution in [2.45, 2.75) is 26.2 Å². The lowest BCUT2D eigenvalue weighted by Crippen LogP contribution is -2.24. The molecule has 0 atom stereocenters. The van der Waals surface area contributed by atoms with Crippen molar-refractivity contribution in [3.63, 3.8) is 0 Å². The average Bonchev–Trinajstić information content (AvgIpc) is 3.95. The van der Waals surface area contributed by atoms with E-state index in [2.05, 4.69) is 210 Å². The Morgan fingerprint density at radius 3 is 1.89 bits per heavy atom. The summed E-state index contributed by atoms with van der Waals surface area (Å²) in [6.07, 6.45) is 6.20. The molecule has 10 rings (SSSR count). The largest absolute Gasteiger partial charge is 0.457 e. The molecule has 0 fully saturated rings. The first-order chi connectivity index (χ1) is 27.4. The summed E-state index contributed by atoms with van der Waals surface area (Å²) >= 11 is 0. The molecule has 0 N–H and O–H groups in total. The highest BCUT2D eigenvalue weighted by Crippen LogP contribution is 2.43. The fraction of sp³-hybridized carbons (Fsp3) is 0.100. The van der Waals surface area contributed by atoms with Crippen LogP contribution in [-0.4, -0.2) is 20.8 Å². The number of hydrogen-bond acceptors (Lipinski definition) is 4. The second kappa shape index (κ2) is 13.4. The number of fused-ring (bicyclic) bond motifs is 5. The first kappa shape index (κ1) is 33.5. The lowest BCUT2D eigenvalue weighted by atomic mass is 9.88. The minimum absolute atomic E-state index is 0.0454. The number of para-hydroxylation sites is 3. The summed E-state index contributed by atoms with van der Waals surface area (Å²) in [5.41, 5.74) is 11.2. The van der Waals surface area contributed by atoms with Crippen molar-refractivity contribution >= 4 is 44.2 Å². The number of nitrogens with zero attached hydrogens (tertiary/aromatic N) is 5. The Morgan fingerprint density at radius 2 is 1.14 bits per heavy atom. The van der Waals surface area contributed by atoms with Crippen LogP contribution < -0.4 is 14.5 Å². The topological polar surface area (TPSA) is 38.5 Å². The molecule has 9 aromatic rings. The average molecular weight is 728 g/mol. The van der Waals surface area contributed by atoms with Gasteiger partial charge in [0.15, 0.2) is 0 Å². The molecule has 6 heteroatoms. The monoisotopic (exact) mass is 727 g/mol. The SMILES string of the molecule is CC(C)(C)c1ccnc(-n2c3cc(Oc4cc(-c5ccccc5)cc(N5C=CN(c6ccccc6)C5)c4)ccc3c3c2c2ccccc2n3-c2ccccc2)c1. The first-order valence-electron chi connectivity index (χ1n) is 19.1. The van der Waals surface area contributed by atoms with Crippen LogP contribution in [0.3, 0.4) is 0 Å². The van der Waals surface area contributed by atoms with Crippen molar-refractivity contribution < 1.29 is 4.74 Å². The maximum absolute atomic E-state index is 6.90. The molecule has 1 aliphatic rings. The van der Waals surface area contributed by atoms with E-state index in [0.717, 1.165) is 78.3 Å². The normalized spacial score (nSPS) is 13.1. The summed E-state index contributed by atoms with van der Waals surface area (Å²) in [6.45, 7) is 7.44. The van der Waals surface area contributed by atoms with Crippen molar-refractivity contribution in [3.05, 3.63) is 188 Å². The van der Waals surface area contributed by atoms with E-state index in [1.54, 1.807) is 0 Å². The van der Waals surface area contributed by atoms with Crippen LogP contribution in [0.1, 0.15) is 26.3 Å². The molecule has 0 unspecified atom stereocenters. The minimum atomic E-state index is -0.0454. The highest BCUT2D eigenvalue weighted by atomic mass is 16.5. The zero-order valence-corrected chi connectivity index (χ0v) is 31.7. The summed E-state index contributed by atoms with van der Waals surface area (Å²) in [4.78, 5) is 9.53. The van der Waals surface area contributed by atoms with Crippen LogP contribution in [0.25, 0.3) is 55.5 Å². The van der Waals surface area contributed by atoms with Gasteiger partial charge in [0.25, 0.3) is 0 Å². The predicted octanol–water partition coefficient (Wildman–Crippen LogP) is 12.6. The number of ether oxygens (including phenoxy) is 1. The molecule has 6 aromatic carbocycles. The third-order valence-corrected chi connectivity index (χ3v) is 10.8. The van der Waals surface area contributed by atoms with E-state index < -0.39 is 0 Å². The summed E-state index contributed by atoms with van der Waals surface area (Å²) in [6, 6.07) is 57.6. The molecule has 0 amide bonds. The molecule has 0 radical (unpaired) electrons. The van der Waals surface area contributed by atoms with E-state index in [9.17, 15) is 0 Å². The standard InChI is InChI=1S/C50H41N5O/c1-50(2,3)37-25-26-51-47(31-37)55-46-33-41(23-24-44(46)48-49(55)43-21-13-14-22-45(43)54(48)39-19-11-6-12-20-39)56-42-30-36(35-15-7-4-8-16-35)29-40(32-42)53-28-27-52(34-53)38-17-9-5-10-18-38/h4-33H,34H2,1-3H3. The Balaban J connectivity index is 1.14. The second-order valence-corrected chi connectivity index (χ2v) is 15.5. The Labute approximate surface area is 326 Å². The van der Waals surface area contributed by atoms with Gasteiger partial charge in [-0.05, 0) is 88.8 Å². The summed E-state index contributed by atoms with van der Waals surface area (Å²) in [7, 11) is 0. The number of rotatable bonds is 7. The maximum atomic E-state index is 6.90. The number of aromatic nitrogens is 3. The Kier molecular flexibility index (Phi) is 7.99. The molecular formula is C50H41N5O. The van der Waals surface area contributed by atoms with E-state index in [-0.39, 0.29) is 5.41 Å². The highest BCUT2D eigenvalue weighted by Gasteiger charge is 2.24. The van der Waals surface area contributed by atoms with Gasteiger partial charge < -0.3 is 19.1 Å². The van der Waals surface area contributed by atoms with Gasteiger partial charge in [0, 0.05) is 58.6 Å².